The van der Waals surface area contributed by atoms with E-state index in [1.165, 1.54) is 23.2 Å². The molecule has 1 heterocycles. The topological polar surface area (TPSA) is 86.3 Å². The number of rotatable bonds is 3. The molecule has 0 aliphatic carbocycles. The van der Waals surface area contributed by atoms with E-state index in [4.69, 9.17) is 5.11 Å². The fourth-order valence-electron chi connectivity index (χ4n) is 1.69. The molecule has 1 aromatic heterocycles. The number of hydrogen-bond donors (Lipinski definition) is 2. The van der Waals surface area contributed by atoms with E-state index in [1.54, 1.807) is 26.1 Å². The second-order valence-corrected chi connectivity index (χ2v) is 4.12. The average molecular weight is 259 g/mol. The number of anilines is 1. The number of aromatic nitrogens is 2. The van der Waals surface area contributed by atoms with Crippen LogP contribution in [0.15, 0.2) is 30.5 Å². The molecular formula is C13H13N3O3. The first-order chi connectivity index (χ1) is 9.00. The molecule has 0 bridgehead atoms. The monoisotopic (exact) mass is 259 g/mol. The minimum atomic E-state index is -0.994. The molecule has 0 atom stereocenters. The van der Waals surface area contributed by atoms with Gasteiger partial charge >= 0.3 is 5.97 Å². The fraction of sp³-hybridized carbons (Fsp3) is 0.154. The number of hydrogen-bond acceptors (Lipinski definition) is 3. The van der Waals surface area contributed by atoms with Gasteiger partial charge in [-0.05, 0) is 31.2 Å². The van der Waals surface area contributed by atoms with Crippen molar-refractivity contribution < 1.29 is 14.7 Å². The highest BCUT2D eigenvalue weighted by molar-refractivity contribution is 6.06. The molecule has 0 radical (unpaired) electrons. The van der Waals surface area contributed by atoms with Gasteiger partial charge in [0.25, 0.3) is 5.91 Å². The maximum Gasteiger partial charge on any atom is 0.335 e. The highest BCUT2D eigenvalue weighted by atomic mass is 16.4. The molecule has 2 rings (SSSR count). The van der Waals surface area contributed by atoms with Crippen LogP contribution in [0.2, 0.25) is 0 Å². The predicted octanol–water partition coefficient (Wildman–Crippen LogP) is 1.69. The number of amides is 1. The molecule has 0 spiro atoms. The normalized spacial score (nSPS) is 10.2. The van der Waals surface area contributed by atoms with Crippen molar-refractivity contribution in [3.8, 4) is 0 Å². The SMILES string of the molecule is Cc1[nH]ncc1C(=O)N(C)c1ccc(C(=O)O)cc1. The Morgan fingerprint density at radius 3 is 2.37 bits per heavy atom. The number of nitrogens with zero attached hydrogens (tertiary/aromatic N) is 2. The molecule has 6 heteroatoms. The maximum atomic E-state index is 12.2. The average Bonchev–Trinajstić information content (AvgIpc) is 2.83. The Hall–Kier alpha value is -2.63. The van der Waals surface area contributed by atoms with Crippen LogP contribution in [0.3, 0.4) is 0 Å². The molecule has 0 saturated carbocycles. The van der Waals surface area contributed by atoms with Crippen molar-refractivity contribution in [3.05, 3.63) is 47.3 Å². The molecule has 1 aromatic carbocycles. The van der Waals surface area contributed by atoms with E-state index in [1.807, 2.05) is 0 Å². The minimum Gasteiger partial charge on any atom is -0.478 e. The van der Waals surface area contributed by atoms with Crippen molar-refractivity contribution in [1.82, 2.24) is 10.2 Å². The summed E-state index contributed by atoms with van der Waals surface area (Å²) in [6.45, 7) is 1.77. The third-order valence-electron chi connectivity index (χ3n) is 2.87. The summed E-state index contributed by atoms with van der Waals surface area (Å²) in [6.07, 6.45) is 1.47. The first-order valence-corrected chi connectivity index (χ1v) is 5.62. The Bertz CT molecular complexity index is 616. The second kappa shape index (κ2) is 4.93. The third-order valence-corrected chi connectivity index (χ3v) is 2.87. The molecule has 0 aliphatic rings. The third kappa shape index (κ3) is 2.47. The number of H-pyrrole nitrogens is 1. The highest BCUT2D eigenvalue weighted by Gasteiger charge is 2.17. The molecule has 2 aromatic rings. The van der Waals surface area contributed by atoms with Crippen LogP contribution in [-0.2, 0) is 0 Å². The molecular weight excluding hydrogens is 246 g/mol. The van der Waals surface area contributed by atoms with E-state index >= 15 is 0 Å². The molecule has 6 nitrogen and oxygen atoms in total. The molecule has 98 valence electrons. The van der Waals surface area contributed by atoms with Gasteiger partial charge < -0.3 is 10.0 Å². The molecule has 2 N–H and O–H groups in total. The lowest BCUT2D eigenvalue weighted by atomic mass is 10.2. The lowest BCUT2D eigenvalue weighted by Crippen LogP contribution is -2.26. The number of aromatic carboxylic acids is 1. The van der Waals surface area contributed by atoms with Crippen LogP contribution in [0, 0.1) is 6.92 Å². The van der Waals surface area contributed by atoms with Crippen molar-refractivity contribution in [2.75, 3.05) is 11.9 Å². The van der Waals surface area contributed by atoms with Gasteiger partial charge in [-0.1, -0.05) is 0 Å². The maximum absolute atomic E-state index is 12.2. The van der Waals surface area contributed by atoms with E-state index in [0.717, 1.165) is 0 Å². The van der Waals surface area contributed by atoms with Gasteiger partial charge in [0.05, 0.1) is 17.3 Å². The second-order valence-electron chi connectivity index (χ2n) is 4.12. The summed E-state index contributed by atoms with van der Waals surface area (Å²) in [5.74, 6) is -1.19. The van der Waals surface area contributed by atoms with Gasteiger partial charge in [0.1, 0.15) is 0 Å². The number of benzene rings is 1. The smallest absolute Gasteiger partial charge is 0.335 e. The molecule has 0 fully saturated rings. The van der Waals surface area contributed by atoms with Crippen molar-refractivity contribution in [2.24, 2.45) is 0 Å². The summed E-state index contributed by atoms with van der Waals surface area (Å²) in [7, 11) is 1.63. The standard InChI is InChI=1S/C13H13N3O3/c1-8-11(7-14-15-8)12(17)16(2)10-5-3-9(4-6-10)13(18)19/h3-7H,1-2H3,(H,14,15)(H,18,19). The first-order valence-electron chi connectivity index (χ1n) is 5.62. The molecule has 0 saturated heterocycles. The quantitative estimate of drug-likeness (QED) is 0.878. The van der Waals surface area contributed by atoms with Crippen LogP contribution in [0.1, 0.15) is 26.4 Å². The summed E-state index contributed by atoms with van der Waals surface area (Å²) in [5.41, 5.74) is 1.99. The van der Waals surface area contributed by atoms with E-state index in [-0.39, 0.29) is 11.5 Å². The van der Waals surface area contributed by atoms with Crippen LogP contribution in [0.25, 0.3) is 0 Å². The van der Waals surface area contributed by atoms with Gasteiger partial charge in [-0.15, -0.1) is 0 Å². The Kier molecular flexibility index (Phi) is 3.33. The number of carbonyl (C=O) groups excluding carboxylic acids is 1. The summed E-state index contributed by atoms with van der Waals surface area (Å²) in [4.78, 5) is 24.4. The molecule has 0 aliphatic heterocycles. The minimum absolute atomic E-state index is 0.184. The lowest BCUT2D eigenvalue weighted by Gasteiger charge is -2.17. The number of carboxylic acid groups (broad SMARTS) is 1. The Balaban J connectivity index is 2.24. The molecule has 1 amide bonds. The zero-order chi connectivity index (χ0) is 14.0. The Labute approximate surface area is 109 Å². The highest BCUT2D eigenvalue weighted by Crippen LogP contribution is 2.17. The summed E-state index contributed by atoms with van der Waals surface area (Å²) in [6, 6.07) is 6.11. The van der Waals surface area contributed by atoms with Crippen LogP contribution >= 0.6 is 0 Å². The van der Waals surface area contributed by atoms with Gasteiger partial charge in [0.15, 0.2) is 0 Å². The van der Waals surface area contributed by atoms with E-state index < -0.39 is 5.97 Å². The molecule has 0 unspecified atom stereocenters. The predicted molar refractivity (Wildman–Crippen MR) is 69.5 cm³/mol. The lowest BCUT2D eigenvalue weighted by molar-refractivity contribution is 0.0696. The zero-order valence-electron chi connectivity index (χ0n) is 10.5. The number of carboxylic acids is 1. The van der Waals surface area contributed by atoms with Crippen molar-refractivity contribution in [2.45, 2.75) is 6.92 Å². The summed E-state index contributed by atoms with van der Waals surface area (Å²) < 4.78 is 0. The van der Waals surface area contributed by atoms with Crippen LogP contribution < -0.4 is 4.90 Å². The van der Waals surface area contributed by atoms with Crippen molar-refractivity contribution >= 4 is 17.6 Å². The largest absolute Gasteiger partial charge is 0.478 e. The summed E-state index contributed by atoms with van der Waals surface area (Å²) in [5, 5.41) is 15.3. The number of aromatic amines is 1. The van der Waals surface area contributed by atoms with Gasteiger partial charge in [-0.3, -0.25) is 9.89 Å². The van der Waals surface area contributed by atoms with Gasteiger partial charge in [-0.2, -0.15) is 5.10 Å². The number of aryl methyl sites for hydroxylation is 1. The van der Waals surface area contributed by atoms with Gasteiger partial charge in [-0.25, -0.2) is 4.79 Å². The Morgan fingerprint density at radius 2 is 1.89 bits per heavy atom. The van der Waals surface area contributed by atoms with Crippen LogP contribution in [-0.4, -0.2) is 34.2 Å². The number of nitrogens with one attached hydrogen (secondary N) is 1. The number of carbonyl (C=O) groups is 2. The fourth-order valence-corrected chi connectivity index (χ4v) is 1.69. The van der Waals surface area contributed by atoms with Crippen LogP contribution in [0.5, 0.6) is 0 Å². The van der Waals surface area contributed by atoms with Crippen molar-refractivity contribution in [3.63, 3.8) is 0 Å². The first kappa shape index (κ1) is 12.8. The van der Waals surface area contributed by atoms with E-state index in [0.29, 0.717) is 16.9 Å². The van der Waals surface area contributed by atoms with E-state index in [2.05, 4.69) is 10.2 Å². The Morgan fingerprint density at radius 1 is 1.26 bits per heavy atom. The van der Waals surface area contributed by atoms with Crippen LogP contribution in [0.4, 0.5) is 5.69 Å². The van der Waals surface area contributed by atoms with E-state index in [9.17, 15) is 9.59 Å². The summed E-state index contributed by atoms with van der Waals surface area (Å²) >= 11 is 0. The van der Waals surface area contributed by atoms with Gasteiger partial charge in [0.2, 0.25) is 0 Å². The van der Waals surface area contributed by atoms with Gasteiger partial charge in [0, 0.05) is 18.4 Å². The molecule has 19 heavy (non-hydrogen) atoms. The zero-order valence-corrected chi connectivity index (χ0v) is 10.5. The van der Waals surface area contributed by atoms with Crippen molar-refractivity contribution in [1.29, 1.82) is 0 Å².